The monoisotopic (exact) mass is 1360 g/mol. The number of carboxylic acids is 3. The van der Waals surface area contributed by atoms with Gasteiger partial charge in [0.05, 0.1) is 52.9 Å². The summed E-state index contributed by atoms with van der Waals surface area (Å²) in [5.41, 5.74) is 16.7. The van der Waals surface area contributed by atoms with E-state index in [0.29, 0.717) is 94.2 Å². The summed E-state index contributed by atoms with van der Waals surface area (Å²) < 4.78 is 117. The average molecular weight is 1370 g/mol. The number of ether oxygens (including phenoxy) is 2. The van der Waals surface area contributed by atoms with Crippen molar-refractivity contribution in [3.8, 4) is 50.4 Å². The number of aromatic nitrogens is 3. The third-order valence-electron chi connectivity index (χ3n) is 19.5. The van der Waals surface area contributed by atoms with Crippen LogP contribution < -0.4 is 0 Å². The maximum atomic E-state index is 14.9. The van der Waals surface area contributed by atoms with Crippen molar-refractivity contribution in [1.29, 1.82) is 0 Å². The van der Waals surface area contributed by atoms with Gasteiger partial charge in [-0.1, -0.05) is 30.3 Å². The lowest BCUT2D eigenvalue weighted by Crippen LogP contribution is -2.17. The molecule has 14 nitrogen and oxygen atoms in total. The number of benzene rings is 9. The summed E-state index contributed by atoms with van der Waals surface area (Å²) in [6.07, 6.45) is 8.22. The van der Waals surface area contributed by atoms with Crippen LogP contribution in [-0.4, -0.2) is 92.0 Å². The summed E-state index contributed by atoms with van der Waals surface area (Å²) in [5.74, 6) is -9.43. The van der Waals surface area contributed by atoms with Gasteiger partial charge in [0.25, 0.3) is 0 Å². The normalized spacial score (nSPS) is 14.7. The van der Waals surface area contributed by atoms with E-state index in [4.69, 9.17) is 9.47 Å². The maximum Gasteiger partial charge on any atom is 0.338 e. The van der Waals surface area contributed by atoms with Crippen LogP contribution in [0.3, 0.4) is 0 Å². The van der Waals surface area contributed by atoms with E-state index in [1.54, 1.807) is 42.8 Å². The highest BCUT2D eigenvalue weighted by atomic mass is 19.2. The van der Waals surface area contributed by atoms with Crippen molar-refractivity contribution in [1.82, 2.24) is 13.7 Å². The smallest absolute Gasteiger partial charge is 0.338 e. The van der Waals surface area contributed by atoms with E-state index in [9.17, 15) is 60.4 Å². The van der Waals surface area contributed by atoms with Crippen LogP contribution >= 0.6 is 0 Å². The van der Waals surface area contributed by atoms with E-state index in [0.717, 1.165) is 141 Å². The molecule has 5 aliphatic heterocycles. The van der Waals surface area contributed by atoms with Gasteiger partial charge in [0.2, 0.25) is 0 Å². The van der Waals surface area contributed by atoms with E-state index >= 15 is 0 Å². The molecule has 0 bridgehead atoms. The first-order chi connectivity index (χ1) is 48.9. The standard InChI is InChI=1S/2C28H21F3N2O3.C24H17FN2O2/c29-22-4-2-19(12-24(22)31)33-25-11-18-14-32-13-17(18)9-21(25)26(27(33)15-5-7-36-8-6-15)16-1-3-20(28(34)35)23(30)10-16;29-22-3-1-16(9-20(22)28(34)35)26-21-10-17-13-32-14-18(17)11-25(21)33(19-2-4-23(30)24(31)12-19)27(26)15-5-7-36-8-6-15;1-14-23(15-5-7-16(8-6-15)24(28)29)21-9-17-12-26-13-18(17)10-22(21)27(14)20-4-2-3-19(25)11-20/h2*1-4,9-12,14-15H,5-8,13H2,(H,34,35);2-11,13H,12H2,1H3,(H,28,29). The number of aromatic carboxylic acids is 3. The maximum absolute atomic E-state index is 14.9. The fourth-order valence-corrected chi connectivity index (χ4v) is 14.8. The lowest BCUT2D eigenvalue weighted by Gasteiger charge is -2.26. The number of aliphatic imine (C=N–C) groups is 3. The molecule has 2 saturated heterocycles. The molecule has 101 heavy (non-hydrogen) atoms. The fraction of sp³-hybridized carbons (Fsp3) is 0.175. The third kappa shape index (κ3) is 12.0. The average Bonchev–Trinajstić information content (AvgIpc) is 1.59. The van der Waals surface area contributed by atoms with Crippen molar-refractivity contribution in [2.75, 3.05) is 26.4 Å². The molecule has 21 heteroatoms. The highest BCUT2D eigenvalue weighted by Gasteiger charge is 2.33. The molecule has 17 rings (SSSR count). The zero-order valence-corrected chi connectivity index (χ0v) is 53.9. The van der Waals surface area contributed by atoms with E-state index in [2.05, 4.69) is 27.1 Å². The summed E-state index contributed by atoms with van der Waals surface area (Å²) in [6.45, 7) is 5.83. The van der Waals surface area contributed by atoms with Crippen LogP contribution in [0.4, 0.5) is 30.7 Å². The molecule has 0 atom stereocenters. The van der Waals surface area contributed by atoms with Crippen LogP contribution in [0.5, 0.6) is 0 Å². The first-order valence-corrected chi connectivity index (χ1v) is 32.7. The molecule has 12 aromatic rings. The van der Waals surface area contributed by atoms with Crippen LogP contribution in [0.2, 0.25) is 0 Å². The minimum atomic E-state index is -1.36. The molecular formula is C80H59F7N6O8. The second kappa shape index (κ2) is 26.6. The lowest BCUT2D eigenvalue weighted by atomic mass is 9.89. The van der Waals surface area contributed by atoms with Crippen molar-refractivity contribution in [3.05, 3.63) is 266 Å². The van der Waals surface area contributed by atoms with Gasteiger partial charge in [-0.25, -0.2) is 45.1 Å². The Labute approximate surface area is 571 Å². The minimum absolute atomic E-state index is 0.0000153. The molecule has 506 valence electrons. The Hall–Kier alpha value is -11.6. The third-order valence-corrected chi connectivity index (χ3v) is 19.5. The van der Waals surface area contributed by atoms with E-state index in [1.165, 1.54) is 42.5 Å². The molecule has 5 aliphatic rings. The number of fused-ring (bicyclic) bond motifs is 6. The number of carboxylic acid groups (broad SMARTS) is 3. The Bertz CT molecular complexity index is 5530. The quantitative estimate of drug-likeness (QED) is 0.107. The number of nitrogens with zero attached hydrogens (tertiary/aromatic N) is 6. The zero-order chi connectivity index (χ0) is 70.1. The largest absolute Gasteiger partial charge is 0.478 e. The van der Waals surface area contributed by atoms with Gasteiger partial charge in [-0.2, -0.15) is 0 Å². The molecule has 0 saturated carbocycles. The van der Waals surface area contributed by atoms with Gasteiger partial charge in [0.15, 0.2) is 23.3 Å². The Balaban J connectivity index is 0.000000124. The van der Waals surface area contributed by atoms with Gasteiger partial charge in [-0.3, -0.25) is 15.0 Å². The molecule has 3 N–H and O–H groups in total. The molecule has 0 unspecified atom stereocenters. The predicted molar refractivity (Wildman–Crippen MR) is 371 cm³/mol. The van der Waals surface area contributed by atoms with Crippen molar-refractivity contribution >= 4 is 69.3 Å². The zero-order valence-electron chi connectivity index (χ0n) is 53.9. The first kappa shape index (κ1) is 65.4. The van der Waals surface area contributed by atoms with Gasteiger partial charge >= 0.3 is 17.9 Å². The summed E-state index contributed by atoms with van der Waals surface area (Å²) in [4.78, 5) is 47.5. The van der Waals surface area contributed by atoms with Gasteiger partial charge in [-0.05, 0) is 198 Å². The van der Waals surface area contributed by atoms with Crippen LogP contribution in [0, 0.1) is 47.6 Å². The van der Waals surface area contributed by atoms with Crippen LogP contribution in [0.15, 0.2) is 173 Å². The molecular weight excluding hydrogens is 1310 g/mol. The number of halogens is 7. The van der Waals surface area contributed by atoms with Crippen molar-refractivity contribution in [2.24, 2.45) is 15.0 Å². The molecule has 9 aromatic carbocycles. The molecule has 0 amide bonds. The van der Waals surface area contributed by atoms with Crippen molar-refractivity contribution < 1.29 is 69.9 Å². The fourth-order valence-electron chi connectivity index (χ4n) is 14.8. The first-order valence-electron chi connectivity index (χ1n) is 32.7. The van der Waals surface area contributed by atoms with E-state index < -0.39 is 63.9 Å². The molecule has 0 radical (unpaired) electrons. The van der Waals surface area contributed by atoms with Gasteiger partial charge in [0, 0.05) is 136 Å². The van der Waals surface area contributed by atoms with Crippen molar-refractivity contribution in [2.45, 2.75) is 64.1 Å². The van der Waals surface area contributed by atoms with Crippen molar-refractivity contribution in [3.63, 3.8) is 0 Å². The topological polar surface area (TPSA) is 182 Å². The second-order valence-electron chi connectivity index (χ2n) is 25.4. The van der Waals surface area contributed by atoms with Crippen LogP contribution in [0.25, 0.3) is 83.2 Å². The number of rotatable bonds is 11. The van der Waals surface area contributed by atoms with Gasteiger partial charge in [0.1, 0.15) is 17.5 Å². The van der Waals surface area contributed by atoms with Crippen LogP contribution in [0.1, 0.15) is 119 Å². The SMILES string of the molecule is Cc1c(-c2ccc(C(=O)O)cc2)c2cc3c(cc2n1-c1cccc(F)c1)C=NC3.O=C(O)c1cc(-c2c(C3CCOCC3)n(-c3ccc(F)c(F)c3)c3cc4c(cc23)CN=C4)ccc1F.O=C(O)c1ccc(-c2c(C3CCOCC3)n(-c3ccc(F)c(F)c3)c3cc4c(cc23)CN=C4)cc1F. The molecule has 2 fully saturated rings. The Morgan fingerprint density at radius 3 is 1.30 bits per heavy atom. The predicted octanol–water partition coefficient (Wildman–Crippen LogP) is 17.9. The minimum Gasteiger partial charge on any atom is -0.478 e. The van der Waals surface area contributed by atoms with Gasteiger partial charge in [-0.15, -0.1) is 0 Å². The van der Waals surface area contributed by atoms with E-state index in [-0.39, 0.29) is 23.2 Å². The summed E-state index contributed by atoms with van der Waals surface area (Å²) in [7, 11) is 0. The highest BCUT2D eigenvalue weighted by molar-refractivity contribution is 6.07. The Kier molecular flexibility index (Phi) is 17.2. The molecule has 8 heterocycles. The molecule has 3 aromatic heterocycles. The highest BCUT2D eigenvalue weighted by Crippen LogP contribution is 2.48. The number of carbonyl (C=O) groups is 3. The lowest BCUT2D eigenvalue weighted by molar-refractivity contribution is 0.0680. The van der Waals surface area contributed by atoms with Crippen LogP contribution in [-0.2, 0) is 29.1 Å². The van der Waals surface area contributed by atoms with E-state index in [1.807, 2.05) is 69.3 Å². The number of hydrogen-bond acceptors (Lipinski definition) is 8. The number of hydrogen-bond donors (Lipinski definition) is 3. The summed E-state index contributed by atoms with van der Waals surface area (Å²) in [5, 5.41) is 30.8. The molecule has 0 aliphatic carbocycles. The Morgan fingerprint density at radius 2 is 0.842 bits per heavy atom. The summed E-state index contributed by atoms with van der Waals surface area (Å²) in [6, 6.07) is 41.3. The van der Waals surface area contributed by atoms with Gasteiger partial charge < -0.3 is 38.5 Å². The Morgan fingerprint density at radius 1 is 0.406 bits per heavy atom. The second-order valence-corrected chi connectivity index (χ2v) is 25.4. The summed E-state index contributed by atoms with van der Waals surface area (Å²) >= 11 is 0. The molecule has 0 spiro atoms.